The summed E-state index contributed by atoms with van der Waals surface area (Å²) in [4.78, 5) is 2.16. The summed E-state index contributed by atoms with van der Waals surface area (Å²) in [6.07, 6.45) is 3.57. The fourth-order valence-corrected chi connectivity index (χ4v) is 0.991. The van der Waals surface area contributed by atoms with Crippen molar-refractivity contribution in [1.29, 1.82) is 0 Å². The summed E-state index contributed by atoms with van der Waals surface area (Å²) in [5, 5.41) is 0. The normalized spacial score (nSPS) is 26.5. The van der Waals surface area contributed by atoms with E-state index in [9.17, 15) is 0 Å². The van der Waals surface area contributed by atoms with Crippen molar-refractivity contribution in [3.05, 3.63) is 12.7 Å². The molecular formula is C8H15NO. The first-order chi connectivity index (χ1) is 4.74. The zero-order chi connectivity index (χ0) is 7.56. The predicted molar refractivity (Wildman–Crippen MR) is 42.0 cm³/mol. The van der Waals surface area contributed by atoms with Gasteiger partial charge in [-0.25, -0.2) is 0 Å². The lowest BCUT2D eigenvalue weighted by molar-refractivity contribution is 0.292. The third kappa shape index (κ3) is 2.12. The van der Waals surface area contributed by atoms with Crippen LogP contribution < -0.4 is 0 Å². The van der Waals surface area contributed by atoms with E-state index in [-0.39, 0.29) is 0 Å². The number of nitrogens with zero attached hydrogens (tertiary/aromatic N) is 1. The molecule has 0 N–H and O–H groups in total. The topological polar surface area (TPSA) is 15.8 Å². The molecule has 1 fully saturated rings. The fraction of sp³-hybridized carbons (Fsp3) is 0.750. The number of hydrogen-bond acceptors (Lipinski definition) is 2. The maximum Gasteiger partial charge on any atom is 0.0827 e. The van der Waals surface area contributed by atoms with E-state index in [1.54, 1.807) is 0 Å². The maximum absolute atomic E-state index is 5.12. The number of rotatable bonds is 4. The summed E-state index contributed by atoms with van der Waals surface area (Å²) in [6.45, 7) is 4.71. The van der Waals surface area contributed by atoms with Gasteiger partial charge in [-0.15, -0.1) is 6.58 Å². The first kappa shape index (κ1) is 7.76. The van der Waals surface area contributed by atoms with Crippen LogP contribution in [0.25, 0.3) is 0 Å². The van der Waals surface area contributed by atoms with Crippen LogP contribution in [0.5, 0.6) is 0 Å². The lowest BCUT2D eigenvalue weighted by Gasteiger charge is -2.19. The Labute approximate surface area is 62.5 Å². The lowest BCUT2D eigenvalue weighted by atomic mass is 10.1. The van der Waals surface area contributed by atoms with Crippen LogP contribution in [-0.4, -0.2) is 37.7 Å². The van der Waals surface area contributed by atoms with Crippen molar-refractivity contribution in [2.24, 2.45) is 0 Å². The predicted octanol–water partition coefficient (Wildman–Crippen LogP) is 0.891. The first-order valence-electron chi connectivity index (χ1n) is 3.64. The van der Waals surface area contributed by atoms with E-state index >= 15 is 0 Å². The number of likely N-dealkylation sites (N-methyl/N-ethyl adjacent to an activating group) is 1. The molecule has 10 heavy (non-hydrogen) atoms. The van der Waals surface area contributed by atoms with Crippen molar-refractivity contribution in [2.45, 2.75) is 18.6 Å². The van der Waals surface area contributed by atoms with Crippen LogP contribution in [0.1, 0.15) is 6.42 Å². The van der Waals surface area contributed by atoms with Crippen molar-refractivity contribution in [1.82, 2.24) is 4.90 Å². The number of ether oxygens (including phenoxy) is 1. The fourth-order valence-electron chi connectivity index (χ4n) is 0.991. The molecule has 0 aromatic heterocycles. The molecule has 58 valence electrons. The highest BCUT2D eigenvalue weighted by Gasteiger charge is 2.25. The molecule has 0 aromatic rings. The molecular weight excluding hydrogens is 126 g/mol. The molecule has 0 amide bonds. The van der Waals surface area contributed by atoms with E-state index in [0.717, 1.165) is 13.0 Å². The van der Waals surface area contributed by atoms with Crippen molar-refractivity contribution in [3.8, 4) is 0 Å². The largest absolute Gasteiger partial charge is 0.373 e. The van der Waals surface area contributed by atoms with Crippen LogP contribution in [0, 0.1) is 0 Å². The van der Waals surface area contributed by atoms with Gasteiger partial charge in [0.25, 0.3) is 0 Å². The molecule has 2 atom stereocenters. The third-order valence-electron chi connectivity index (χ3n) is 1.84. The van der Waals surface area contributed by atoms with E-state index < -0.39 is 0 Å². The molecule has 0 radical (unpaired) electrons. The summed E-state index contributed by atoms with van der Waals surface area (Å²) in [7, 11) is 4.13. The summed E-state index contributed by atoms with van der Waals surface area (Å²) >= 11 is 0. The molecule has 1 heterocycles. The van der Waals surface area contributed by atoms with Gasteiger partial charge in [0, 0.05) is 6.04 Å². The van der Waals surface area contributed by atoms with Crippen LogP contribution >= 0.6 is 0 Å². The van der Waals surface area contributed by atoms with Crippen LogP contribution in [0.3, 0.4) is 0 Å². The quantitative estimate of drug-likeness (QED) is 0.427. The van der Waals surface area contributed by atoms with E-state index in [0.29, 0.717) is 12.1 Å². The van der Waals surface area contributed by atoms with E-state index in [1.807, 2.05) is 6.08 Å². The van der Waals surface area contributed by atoms with Crippen molar-refractivity contribution in [3.63, 3.8) is 0 Å². The molecule has 0 spiro atoms. The van der Waals surface area contributed by atoms with Crippen LogP contribution in [0.4, 0.5) is 0 Å². The Morgan fingerprint density at radius 1 is 1.80 bits per heavy atom. The zero-order valence-corrected chi connectivity index (χ0v) is 6.71. The summed E-state index contributed by atoms with van der Waals surface area (Å²) in [5.41, 5.74) is 0. The average Bonchev–Trinajstić information content (AvgIpc) is 2.64. The van der Waals surface area contributed by atoms with Gasteiger partial charge in [0.1, 0.15) is 0 Å². The van der Waals surface area contributed by atoms with Crippen molar-refractivity contribution < 1.29 is 4.74 Å². The molecule has 0 bridgehead atoms. The molecule has 1 aliphatic rings. The third-order valence-corrected chi connectivity index (χ3v) is 1.84. The maximum atomic E-state index is 5.12. The minimum atomic E-state index is 0.479. The molecule has 2 heteroatoms. The van der Waals surface area contributed by atoms with Gasteiger partial charge in [-0.3, -0.25) is 0 Å². The second-order valence-corrected chi connectivity index (χ2v) is 2.96. The van der Waals surface area contributed by atoms with Gasteiger partial charge in [-0.1, -0.05) is 6.08 Å². The summed E-state index contributed by atoms with van der Waals surface area (Å²) < 4.78 is 5.12. The van der Waals surface area contributed by atoms with Gasteiger partial charge in [0.05, 0.1) is 12.7 Å². The second kappa shape index (κ2) is 3.17. The van der Waals surface area contributed by atoms with Crippen LogP contribution in [0.15, 0.2) is 12.7 Å². The molecule has 1 aliphatic heterocycles. The molecule has 1 saturated heterocycles. The number of epoxide rings is 1. The van der Waals surface area contributed by atoms with E-state index in [2.05, 4.69) is 25.6 Å². The Hall–Kier alpha value is -0.340. The van der Waals surface area contributed by atoms with Crippen molar-refractivity contribution in [2.75, 3.05) is 20.7 Å². The minimum Gasteiger partial charge on any atom is -0.373 e. The Bertz CT molecular complexity index is 118. The lowest BCUT2D eigenvalue weighted by Crippen LogP contribution is -2.26. The zero-order valence-electron chi connectivity index (χ0n) is 6.71. The molecule has 1 rings (SSSR count). The Kier molecular flexibility index (Phi) is 2.46. The SMILES string of the molecule is C=CC(CC1CO1)N(C)C. The Morgan fingerprint density at radius 2 is 2.40 bits per heavy atom. The van der Waals surface area contributed by atoms with Crippen LogP contribution in [0.2, 0.25) is 0 Å². The smallest absolute Gasteiger partial charge is 0.0827 e. The van der Waals surface area contributed by atoms with Gasteiger partial charge in [-0.2, -0.15) is 0 Å². The summed E-state index contributed by atoms with van der Waals surface area (Å²) in [5.74, 6) is 0. The Balaban J connectivity index is 2.24. The van der Waals surface area contributed by atoms with Gasteiger partial charge in [0.2, 0.25) is 0 Å². The molecule has 0 saturated carbocycles. The van der Waals surface area contributed by atoms with Gasteiger partial charge >= 0.3 is 0 Å². The average molecular weight is 141 g/mol. The van der Waals surface area contributed by atoms with E-state index in [1.165, 1.54) is 0 Å². The van der Waals surface area contributed by atoms with Gasteiger partial charge < -0.3 is 9.64 Å². The highest BCUT2D eigenvalue weighted by atomic mass is 16.6. The van der Waals surface area contributed by atoms with Gasteiger partial charge in [0.15, 0.2) is 0 Å². The second-order valence-electron chi connectivity index (χ2n) is 2.96. The molecule has 0 aliphatic carbocycles. The first-order valence-corrected chi connectivity index (χ1v) is 3.64. The molecule has 0 aromatic carbocycles. The van der Waals surface area contributed by atoms with Crippen LogP contribution in [-0.2, 0) is 4.74 Å². The van der Waals surface area contributed by atoms with Crippen molar-refractivity contribution >= 4 is 0 Å². The standard InChI is InChI=1S/C8H15NO/c1-4-7(9(2)3)5-8-6-10-8/h4,7-8H,1,5-6H2,2-3H3. The Morgan fingerprint density at radius 3 is 2.70 bits per heavy atom. The molecule has 2 nitrogen and oxygen atoms in total. The minimum absolute atomic E-state index is 0.479. The van der Waals surface area contributed by atoms with Gasteiger partial charge in [-0.05, 0) is 20.5 Å². The summed E-state index contributed by atoms with van der Waals surface area (Å²) in [6, 6.07) is 0.479. The molecule has 2 unspecified atom stereocenters. The monoisotopic (exact) mass is 141 g/mol. The highest BCUT2D eigenvalue weighted by molar-refractivity contribution is 4.89. The number of hydrogen-bond donors (Lipinski definition) is 0. The van der Waals surface area contributed by atoms with E-state index in [4.69, 9.17) is 4.74 Å². The highest BCUT2D eigenvalue weighted by Crippen LogP contribution is 2.17.